The maximum absolute atomic E-state index is 11.6. The highest BCUT2D eigenvalue weighted by atomic mass is 16.2. The van der Waals surface area contributed by atoms with Crippen LogP contribution in [-0.4, -0.2) is 34.4 Å². The highest BCUT2D eigenvalue weighted by Gasteiger charge is 2.26. The van der Waals surface area contributed by atoms with E-state index in [9.17, 15) is 9.59 Å². The van der Waals surface area contributed by atoms with Crippen LogP contribution in [0.1, 0.15) is 18.5 Å². The molecule has 0 spiro atoms. The molecule has 0 aromatic carbocycles. The molecule has 6 nitrogen and oxygen atoms in total. The molecule has 0 saturated carbocycles. The second-order valence-corrected chi connectivity index (χ2v) is 3.76. The van der Waals surface area contributed by atoms with Crippen LogP contribution >= 0.6 is 0 Å². The lowest BCUT2D eigenvalue weighted by molar-refractivity contribution is -0.125. The van der Waals surface area contributed by atoms with Gasteiger partial charge in [0.25, 0.3) is 0 Å². The van der Waals surface area contributed by atoms with E-state index < -0.39 is 0 Å². The Hall–Kier alpha value is -1.85. The number of aromatic nitrogens is 2. The van der Waals surface area contributed by atoms with Gasteiger partial charge in [0.2, 0.25) is 11.8 Å². The Balaban J connectivity index is 1.70. The predicted octanol–water partition coefficient (Wildman–Crippen LogP) is -0.653. The number of hydrogen-bond acceptors (Lipinski definition) is 3. The van der Waals surface area contributed by atoms with Crippen LogP contribution in [0.2, 0.25) is 0 Å². The monoisotopic (exact) mass is 222 g/mol. The minimum atomic E-state index is -0.355. The average Bonchev–Trinajstić information content (AvgIpc) is 2.89. The van der Waals surface area contributed by atoms with Gasteiger partial charge in [-0.25, -0.2) is 4.98 Å². The van der Waals surface area contributed by atoms with Crippen molar-refractivity contribution in [2.24, 2.45) is 0 Å². The topological polar surface area (TPSA) is 86.9 Å². The van der Waals surface area contributed by atoms with Crippen molar-refractivity contribution >= 4 is 11.8 Å². The maximum Gasteiger partial charge on any atom is 0.242 e. The summed E-state index contributed by atoms with van der Waals surface area (Å²) in [6.07, 6.45) is 5.12. The predicted molar refractivity (Wildman–Crippen MR) is 56.5 cm³/mol. The zero-order chi connectivity index (χ0) is 11.4. The molecule has 1 aliphatic heterocycles. The van der Waals surface area contributed by atoms with Gasteiger partial charge < -0.3 is 15.6 Å². The fraction of sp³-hybridized carbons (Fsp3) is 0.500. The third-order valence-electron chi connectivity index (χ3n) is 2.55. The molecule has 1 saturated heterocycles. The Morgan fingerprint density at radius 2 is 2.50 bits per heavy atom. The van der Waals surface area contributed by atoms with Gasteiger partial charge in [-0.05, 0) is 6.42 Å². The van der Waals surface area contributed by atoms with Crippen molar-refractivity contribution in [3.05, 3.63) is 18.2 Å². The van der Waals surface area contributed by atoms with Crippen LogP contribution in [0, 0.1) is 0 Å². The van der Waals surface area contributed by atoms with Crippen molar-refractivity contribution in [3.8, 4) is 0 Å². The van der Waals surface area contributed by atoms with E-state index in [2.05, 4.69) is 20.6 Å². The smallest absolute Gasteiger partial charge is 0.242 e. The van der Waals surface area contributed by atoms with E-state index in [0.29, 0.717) is 25.8 Å². The molecule has 0 bridgehead atoms. The first-order chi connectivity index (χ1) is 7.75. The Bertz CT molecular complexity index is 374. The van der Waals surface area contributed by atoms with E-state index in [0.717, 1.165) is 5.69 Å². The first-order valence-corrected chi connectivity index (χ1v) is 5.30. The largest absolute Gasteiger partial charge is 0.354 e. The number of aromatic amines is 1. The highest BCUT2D eigenvalue weighted by molar-refractivity contribution is 5.90. The van der Waals surface area contributed by atoms with Gasteiger partial charge in [-0.2, -0.15) is 0 Å². The van der Waals surface area contributed by atoms with Crippen molar-refractivity contribution in [2.45, 2.75) is 25.3 Å². The van der Waals surface area contributed by atoms with Crippen molar-refractivity contribution in [1.82, 2.24) is 20.6 Å². The summed E-state index contributed by atoms with van der Waals surface area (Å²) >= 11 is 0. The number of nitrogens with one attached hydrogen (secondary N) is 3. The fourth-order valence-corrected chi connectivity index (χ4v) is 1.68. The molecule has 16 heavy (non-hydrogen) atoms. The normalized spacial score (nSPS) is 19.5. The summed E-state index contributed by atoms with van der Waals surface area (Å²) < 4.78 is 0. The molecule has 1 aromatic rings. The molecule has 0 aliphatic carbocycles. The van der Waals surface area contributed by atoms with E-state index in [4.69, 9.17) is 0 Å². The molecule has 86 valence electrons. The van der Waals surface area contributed by atoms with Crippen molar-refractivity contribution in [2.75, 3.05) is 6.54 Å². The van der Waals surface area contributed by atoms with Crippen molar-refractivity contribution in [1.29, 1.82) is 0 Å². The first kappa shape index (κ1) is 10.7. The number of hydrogen-bond donors (Lipinski definition) is 3. The van der Waals surface area contributed by atoms with E-state index in [1.165, 1.54) is 0 Å². The Morgan fingerprint density at radius 3 is 3.12 bits per heavy atom. The SMILES string of the molecule is O=C1CCC(C(=O)NCCc2c[nH]cn2)N1. The Morgan fingerprint density at radius 1 is 1.62 bits per heavy atom. The Kier molecular flexibility index (Phi) is 3.19. The van der Waals surface area contributed by atoms with Crippen LogP contribution in [0.4, 0.5) is 0 Å². The van der Waals surface area contributed by atoms with Crippen LogP contribution in [0.25, 0.3) is 0 Å². The molecule has 2 rings (SSSR count). The molecule has 1 atom stereocenters. The molecule has 1 unspecified atom stereocenters. The molecule has 1 aliphatic rings. The summed E-state index contributed by atoms with van der Waals surface area (Å²) in [6.45, 7) is 0.538. The lowest BCUT2D eigenvalue weighted by atomic mass is 10.2. The van der Waals surface area contributed by atoms with Crippen LogP contribution in [0.15, 0.2) is 12.5 Å². The minimum Gasteiger partial charge on any atom is -0.354 e. The summed E-state index contributed by atoms with van der Waals surface area (Å²) in [5, 5.41) is 5.40. The number of carbonyl (C=O) groups is 2. The van der Waals surface area contributed by atoms with Crippen LogP contribution in [0.5, 0.6) is 0 Å². The number of nitrogens with zero attached hydrogens (tertiary/aromatic N) is 1. The molecule has 1 aromatic heterocycles. The molecule has 1 fully saturated rings. The van der Waals surface area contributed by atoms with Crippen LogP contribution in [-0.2, 0) is 16.0 Å². The Labute approximate surface area is 92.8 Å². The zero-order valence-corrected chi connectivity index (χ0v) is 8.82. The lowest BCUT2D eigenvalue weighted by Gasteiger charge is -2.09. The molecular formula is C10H14N4O2. The first-order valence-electron chi connectivity index (χ1n) is 5.30. The molecule has 2 amide bonds. The van der Waals surface area contributed by atoms with Gasteiger partial charge in [0.1, 0.15) is 6.04 Å². The molecular weight excluding hydrogens is 208 g/mol. The van der Waals surface area contributed by atoms with Gasteiger partial charge in [0.15, 0.2) is 0 Å². The summed E-state index contributed by atoms with van der Waals surface area (Å²) in [7, 11) is 0. The minimum absolute atomic E-state index is 0.0487. The van der Waals surface area contributed by atoms with Crippen molar-refractivity contribution in [3.63, 3.8) is 0 Å². The summed E-state index contributed by atoms with van der Waals surface area (Å²) in [4.78, 5) is 29.4. The quantitative estimate of drug-likeness (QED) is 0.632. The molecule has 0 radical (unpaired) electrons. The van der Waals surface area contributed by atoms with Crippen LogP contribution < -0.4 is 10.6 Å². The van der Waals surface area contributed by atoms with Gasteiger partial charge in [-0.1, -0.05) is 0 Å². The zero-order valence-electron chi connectivity index (χ0n) is 8.82. The fourth-order valence-electron chi connectivity index (χ4n) is 1.68. The van der Waals surface area contributed by atoms with E-state index >= 15 is 0 Å². The van der Waals surface area contributed by atoms with Gasteiger partial charge in [-0.15, -0.1) is 0 Å². The van der Waals surface area contributed by atoms with Gasteiger partial charge in [0.05, 0.1) is 12.0 Å². The number of rotatable bonds is 4. The van der Waals surface area contributed by atoms with Crippen molar-refractivity contribution < 1.29 is 9.59 Å². The standard InChI is InChI=1S/C10H14N4O2/c15-9-2-1-8(14-9)10(16)12-4-3-7-5-11-6-13-7/h5-6,8H,1-4H2,(H,11,13)(H,12,16)(H,14,15). The number of amides is 2. The van der Waals surface area contributed by atoms with Gasteiger partial charge in [-0.3, -0.25) is 9.59 Å². The van der Waals surface area contributed by atoms with E-state index in [-0.39, 0.29) is 17.9 Å². The number of H-pyrrole nitrogens is 1. The third-order valence-corrected chi connectivity index (χ3v) is 2.55. The summed E-state index contributed by atoms with van der Waals surface area (Å²) in [5.41, 5.74) is 0.913. The van der Waals surface area contributed by atoms with Gasteiger partial charge in [0, 0.05) is 25.6 Å². The number of carbonyl (C=O) groups excluding carboxylic acids is 2. The van der Waals surface area contributed by atoms with E-state index in [1.54, 1.807) is 12.5 Å². The summed E-state index contributed by atoms with van der Waals surface area (Å²) in [6, 6.07) is -0.355. The molecule has 3 N–H and O–H groups in total. The van der Waals surface area contributed by atoms with Crippen LogP contribution in [0.3, 0.4) is 0 Å². The lowest BCUT2D eigenvalue weighted by Crippen LogP contribution is -2.42. The average molecular weight is 222 g/mol. The number of imidazole rings is 1. The highest BCUT2D eigenvalue weighted by Crippen LogP contribution is 2.06. The molecule has 2 heterocycles. The summed E-state index contributed by atoms with van der Waals surface area (Å²) in [5.74, 6) is -0.158. The maximum atomic E-state index is 11.6. The second kappa shape index (κ2) is 4.78. The third kappa shape index (κ3) is 2.59. The second-order valence-electron chi connectivity index (χ2n) is 3.76. The van der Waals surface area contributed by atoms with Gasteiger partial charge >= 0.3 is 0 Å². The van der Waals surface area contributed by atoms with E-state index in [1.807, 2.05) is 0 Å². The molecule has 6 heteroatoms.